The minimum atomic E-state index is -1.19. The Hall–Kier alpha value is -3.43. The van der Waals surface area contributed by atoms with Gasteiger partial charge in [0, 0.05) is 25.2 Å². The molecule has 2 aliphatic rings. The molecule has 0 atom stereocenters. The number of anilines is 3. The number of carbonyl (C=O) groups is 2. The Kier molecular flexibility index (Phi) is 6.58. The number of carboxylic acids is 1. The molecule has 1 aliphatic carbocycles. The van der Waals surface area contributed by atoms with Crippen LogP contribution in [-0.2, 0) is 4.74 Å². The lowest BCUT2D eigenvalue weighted by molar-refractivity contribution is 0.0490. The molecule has 182 valence electrons. The summed E-state index contributed by atoms with van der Waals surface area (Å²) in [6, 6.07) is 4.08. The van der Waals surface area contributed by atoms with E-state index in [1.165, 1.54) is 18.5 Å². The second-order valence-corrected chi connectivity index (χ2v) is 9.69. The molecule has 4 rings (SSSR count). The summed E-state index contributed by atoms with van der Waals surface area (Å²) in [6.07, 6.45) is 6.16. The maximum atomic E-state index is 13.7. The smallest absolute Gasteiger partial charge is 0.407 e. The van der Waals surface area contributed by atoms with E-state index in [2.05, 4.69) is 20.2 Å². The second kappa shape index (κ2) is 9.44. The molecule has 2 heterocycles. The molecule has 0 radical (unpaired) electrons. The average Bonchev–Trinajstić information content (AvgIpc) is 2.78. The molecule has 9 nitrogen and oxygen atoms in total. The minimum absolute atomic E-state index is 0.0644. The monoisotopic (exact) mass is 471 g/mol. The van der Waals surface area contributed by atoms with Crippen LogP contribution in [-0.4, -0.2) is 57.9 Å². The van der Waals surface area contributed by atoms with Crippen LogP contribution in [0.15, 0.2) is 30.7 Å². The molecular weight excluding hydrogens is 441 g/mol. The van der Waals surface area contributed by atoms with Crippen LogP contribution in [0.1, 0.15) is 56.8 Å². The second-order valence-electron chi connectivity index (χ2n) is 9.69. The lowest BCUT2D eigenvalue weighted by Gasteiger charge is -2.43. The quantitative estimate of drug-likeness (QED) is 0.686. The van der Waals surface area contributed by atoms with Crippen molar-refractivity contribution in [2.45, 2.75) is 64.1 Å². The molecule has 10 heteroatoms. The van der Waals surface area contributed by atoms with Gasteiger partial charge >= 0.3 is 12.1 Å². The zero-order chi connectivity index (χ0) is 24.5. The number of benzene rings is 1. The summed E-state index contributed by atoms with van der Waals surface area (Å²) in [6.45, 7) is 6.67. The van der Waals surface area contributed by atoms with Crippen molar-refractivity contribution in [3.8, 4) is 0 Å². The highest BCUT2D eigenvalue weighted by Gasteiger charge is 2.34. The Bertz CT molecular complexity index is 1070. The molecule has 2 N–H and O–H groups in total. The number of fused-ring (bicyclic) bond motifs is 1. The van der Waals surface area contributed by atoms with E-state index in [0.717, 1.165) is 37.6 Å². The van der Waals surface area contributed by atoms with Gasteiger partial charge in [0.25, 0.3) is 0 Å². The van der Waals surface area contributed by atoms with Gasteiger partial charge in [-0.2, -0.15) is 0 Å². The fourth-order valence-corrected chi connectivity index (χ4v) is 4.69. The summed E-state index contributed by atoms with van der Waals surface area (Å²) in [5, 5.41) is 12.6. The number of hydrogen-bond donors (Lipinski definition) is 2. The highest BCUT2D eigenvalue weighted by Crippen LogP contribution is 2.40. The molecule has 2 aromatic rings. The Labute approximate surface area is 197 Å². The first-order valence-electron chi connectivity index (χ1n) is 11.5. The van der Waals surface area contributed by atoms with Crippen molar-refractivity contribution in [1.29, 1.82) is 0 Å². The van der Waals surface area contributed by atoms with E-state index < -0.39 is 23.5 Å². The first kappa shape index (κ1) is 23.7. The largest absolute Gasteiger partial charge is 0.478 e. The molecule has 0 bridgehead atoms. The third-order valence-electron chi connectivity index (χ3n) is 6.14. The number of ether oxygens (including phenoxy) is 1. The summed E-state index contributed by atoms with van der Waals surface area (Å²) in [4.78, 5) is 36.6. The van der Waals surface area contributed by atoms with Crippen LogP contribution in [0, 0.1) is 5.82 Å². The van der Waals surface area contributed by atoms with Crippen molar-refractivity contribution in [3.05, 3.63) is 42.1 Å². The maximum absolute atomic E-state index is 13.7. The highest BCUT2D eigenvalue weighted by molar-refractivity contribution is 5.96. The molecule has 0 spiro atoms. The van der Waals surface area contributed by atoms with E-state index >= 15 is 0 Å². The molecule has 1 amide bonds. The number of aromatic carboxylic acids is 1. The van der Waals surface area contributed by atoms with Crippen LogP contribution in [0.2, 0.25) is 0 Å². The van der Waals surface area contributed by atoms with Crippen molar-refractivity contribution in [2.75, 3.05) is 22.9 Å². The first-order valence-corrected chi connectivity index (χ1v) is 11.5. The highest BCUT2D eigenvalue weighted by atomic mass is 19.1. The van der Waals surface area contributed by atoms with E-state index in [4.69, 9.17) is 4.74 Å². The SMILES string of the molecule is CC(C)(C)OC(=O)NC1CCC(N2CCN(c3ccc(F)cc3C(=O)O)c3cncnc32)CC1. The standard InChI is InChI=1S/C24H30FN5O4/c1-24(2,3)34-23(33)28-16-5-7-17(8-6-16)29-10-11-30(20-13-26-14-27-21(20)29)19-9-4-15(25)12-18(19)22(31)32/h4,9,12-14,16-17H,5-8,10-11H2,1-3H3,(H,28,33)(H,31,32). The Morgan fingerprint density at radius 2 is 1.88 bits per heavy atom. The Balaban J connectivity index is 1.49. The average molecular weight is 472 g/mol. The molecule has 34 heavy (non-hydrogen) atoms. The van der Waals surface area contributed by atoms with Gasteiger partial charge < -0.3 is 25.0 Å². The first-order chi connectivity index (χ1) is 16.1. The van der Waals surface area contributed by atoms with Gasteiger partial charge in [0.15, 0.2) is 5.82 Å². The van der Waals surface area contributed by atoms with E-state index in [9.17, 15) is 19.1 Å². The third kappa shape index (κ3) is 5.21. The third-order valence-corrected chi connectivity index (χ3v) is 6.14. The van der Waals surface area contributed by atoms with E-state index in [1.54, 1.807) is 6.20 Å². The van der Waals surface area contributed by atoms with Crippen LogP contribution >= 0.6 is 0 Å². The molecule has 0 saturated heterocycles. The number of rotatable bonds is 4. The topological polar surface area (TPSA) is 108 Å². The van der Waals surface area contributed by atoms with E-state index in [0.29, 0.717) is 24.5 Å². The fraction of sp³-hybridized carbons (Fsp3) is 0.500. The lowest BCUT2D eigenvalue weighted by atomic mass is 9.89. The number of carboxylic acid groups (broad SMARTS) is 1. The molecular formula is C24H30FN5O4. The van der Waals surface area contributed by atoms with Gasteiger partial charge in [-0.15, -0.1) is 0 Å². The molecule has 1 aromatic carbocycles. The summed E-state index contributed by atoms with van der Waals surface area (Å²) < 4.78 is 19.1. The molecule has 1 aromatic heterocycles. The van der Waals surface area contributed by atoms with Gasteiger partial charge in [-0.05, 0) is 64.7 Å². The molecule has 0 unspecified atom stereocenters. The normalized spacial score (nSPS) is 20.5. The van der Waals surface area contributed by atoms with Gasteiger partial charge in [0.1, 0.15) is 23.4 Å². The van der Waals surface area contributed by atoms with Crippen molar-refractivity contribution in [3.63, 3.8) is 0 Å². The predicted octanol–water partition coefficient (Wildman–Crippen LogP) is 4.11. The number of nitrogens with one attached hydrogen (secondary N) is 1. The van der Waals surface area contributed by atoms with Crippen LogP contribution in [0.3, 0.4) is 0 Å². The number of amides is 1. The number of aromatic nitrogens is 2. The van der Waals surface area contributed by atoms with Gasteiger partial charge in [-0.1, -0.05) is 0 Å². The van der Waals surface area contributed by atoms with Crippen molar-refractivity contribution < 1.29 is 23.8 Å². The van der Waals surface area contributed by atoms with E-state index in [-0.39, 0.29) is 17.6 Å². The van der Waals surface area contributed by atoms with Crippen LogP contribution in [0.4, 0.5) is 26.4 Å². The van der Waals surface area contributed by atoms with E-state index in [1.807, 2.05) is 25.7 Å². The summed E-state index contributed by atoms with van der Waals surface area (Å²) in [5.74, 6) is -1.06. The summed E-state index contributed by atoms with van der Waals surface area (Å²) in [5.41, 5.74) is 0.471. The van der Waals surface area contributed by atoms with Gasteiger partial charge in [0.2, 0.25) is 0 Å². The van der Waals surface area contributed by atoms with Gasteiger partial charge in [-0.25, -0.2) is 23.9 Å². The predicted molar refractivity (Wildman–Crippen MR) is 125 cm³/mol. The molecule has 1 fully saturated rings. The Morgan fingerprint density at radius 3 is 2.56 bits per heavy atom. The number of alkyl carbamates (subject to hydrolysis) is 1. The zero-order valence-corrected chi connectivity index (χ0v) is 19.6. The minimum Gasteiger partial charge on any atom is -0.478 e. The van der Waals surface area contributed by atoms with Crippen molar-refractivity contribution in [1.82, 2.24) is 15.3 Å². The number of carbonyl (C=O) groups excluding carboxylic acids is 1. The molecule has 1 saturated carbocycles. The Morgan fingerprint density at radius 1 is 1.15 bits per heavy atom. The molecule has 1 aliphatic heterocycles. The van der Waals surface area contributed by atoms with Crippen molar-refractivity contribution >= 4 is 29.3 Å². The van der Waals surface area contributed by atoms with Crippen LogP contribution in [0.25, 0.3) is 0 Å². The number of hydrogen-bond acceptors (Lipinski definition) is 7. The van der Waals surface area contributed by atoms with Gasteiger partial charge in [0.05, 0.1) is 17.4 Å². The fourth-order valence-electron chi connectivity index (χ4n) is 4.69. The zero-order valence-electron chi connectivity index (χ0n) is 19.6. The summed E-state index contributed by atoms with van der Waals surface area (Å²) in [7, 11) is 0. The van der Waals surface area contributed by atoms with Crippen molar-refractivity contribution in [2.24, 2.45) is 0 Å². The lowest BCUT2D eigenvalue weighted by Crippen LogP contribution is -2.49. The van der Waals surface area contributed by atoms with Gasteiger partial charge in [-0.3, -0.25) is 0 Å². The number of halogens is 1. The number of nitrogens with zero attached hydrogens (tertiary/aromatic N) is 4. The maximum Gasteiger partial charge on any atom is 0.407 e. The van der Waals surface area contributed by atoms with Crippen LogP contribution < -0.4 is 15.1 Å². The summed E-state index contributed by atoms with van der Waals surface area (Å²) >= 11 is 0. The van der Waals surface area contributed by atoms with Crippen LogP contribution in [0.5, 0.6) is 0 Å².